The number of para-hydroxylation sites is 1. The third-order valence-corrected chi connectivity index (χ3v) is 12.6. The van der Waals surface area contributed by atoms with Gasteiger partial charge in [-0.1, -0.05) is 83.1 Å². The first-order chi connectivity index (χ1) is 22.3. The number of aromatic nitrogens is 1. The number of hydrogen-bond donors (Lipinski definition) is 3. The zero-order valence-corrected chi connectivity index (χ0v) is 29.1. The van der Waals surface area contributed by atoms with E-state index in [4.69, 9.17) is 9.16 Å². The Morgan fingerprint density at radius 3 is 2.02 bits per heavy atom. The lowest BCUT2D eigenvalue weighted by Crippen LogP contribution is -2.59. The van der Waals surface area contributed by atoms with Crippen LogP contribution in [-0.4, -0.2) is 49.1 Å². The minimum atomic E-state index is -4.79. The normalized spacial score (nSPS) is 13.4. The van der Waals surface area contributed by atoms with E-state index >= 15 is 0 Å². The first kappa shape index (κ1) is 38.0. The average molecular weight is 689 g/mol. The van der Waals surface area contributed by atoms with Crippen LogP contribution in [0.2, 0.25) is 18.1 Å². The van der Waals surface area contributed by atoms with Gasteiger partial charge in [0.15, 0.2) is 14.4 Å². The number of pyridine rings is 1. The van der Waals surface area contributed by atoms with Crippen LogP contribution in [0.4, 0.5) is 29.3 Å². The van der Waals surface area contributed by atoms with E-state index in [0.29, 0.717) is 11.3 Å². The largest absolute Gasteiger partial charge is 0.444 e. The van der Waals surface area contributed by atoms with Gasteiger partial charge in [-0.25, -0.2) is 4.79 Å². The monoisotopic (exact) mass is 688 g/mol. The second-order valence-corrected chi connectivity index (χ2v) is 18.0. The van der Waals surface area contributed by atoms with Gasteiger partial charge < -0.3 is 24.4 Å². The summed E-state index contributed by atoms with van der Waals surface area (Å²) < 4.78 is 55.2. The van der Waals surface area contributed by atoms with E-state index in [1.807, 2.05) is 20.8 Å². The Labute approximate surface area is 279 Å². The van der Waals surface area contributed by atoms with Crippen LogP contribution in [0.1, 0.15) is 50.5 Å². The number of carbonyl (C=O) groups is 3. The Morgan fingerprint density at radius 1 is 0.896 bits per heavy atom. The first-order valence-corrected chi connectivity index (χ1v) is 18.3. The number of carbonyl (C=O) groups excluding carboxylic acids is 3. The van der Waals surface area contributed by atoms with Gasteiger partial charge in [0.25, 0.3) is 11.5 Å². The van der Waals surface area contributed by atoms with Crippen molar-refractivity contribution in [2.24, 2.45) is 5.92 Å². The summed E-state index contributed by atoms with van der Waals surface area (Å²) in [6, 6.07) is 16.9. The van der Waals surface area contributed by atoms with Crippen LogP contribution in [-0.2, 0) is 27.1 Å². The predicted molar refractivity (Wildman–Crippen MR) is 180 cm³/mol. The Balaban J connectivity index is 1.91. The predicted octanol–water partition coefficient (Wildman–Crippen LogP) is 6.94. The van der Waals surface area contributed by atoms with Crippen molar-refractivity contribution in [2.75, 3.05) is 10.6 Å². The number of rotatable bonds is 12. The van der Waals surface area contributed by atoms with Gasteiger partial charge >= 0.3 is 12.3 Å². The van der Waals surface area contributed by atoms with Crippen LogP contribution in [0.5, 0.6) is 0 Å². The number of ether oxygens (including phenoxy) is 1. The smallest absolute Gasteiger partial charge is 0.415 e. The standard InChI is InChI=1S/C34H43F3N4O6Si/c1-22(2)27(29(34(35,36)37)47-48(6,7)33(3,4)5)39-26(42)20-41-19-18-25(30(43)38-24-16-12-9-13-17-24)28(31(41)44)40-32(45)46-21-23-14-10-8-11-15-23/h8-19,22,27,29H,20-21H2,1-7H3,(H,38,43)(H,39,42)(H,40,45). The van der Waals surface area contributed by atoms with Crippen LogP contribution in [0.15, 0.2) is 77.7 Å². The first-order valence-electron chi connectivity index (χ1n) is 15.4. The molecule has 3 aromatic rings. The van der Waals surface area contributed by atoms with E-state index in [-0.39, 0.29) is 12.2 Å². The Bertz CT molecular complexity index is 1620. The quantitative estimate of drug-likeness (QED) is 0.177. The number of nitrogens with zero attached hydrogens (tertiary/aromatic N) is 1. The summed E-state index contributed by atoms with van der Waals surface area (Å²) in [4.78, 5) is 52.9. The molecule has 48 heavy (non-hydrogen) atoms. The van der Waals surface area contributed by atoms with Crippen molar-refractivity contribution in [3.8, 4) is 0 Å². The summed E-state index contributed by atoms with van der Waals surface area (Å²) in [6.07, 6.45) is -6.97. The minimum Gasteiger partial charge on any atom is -0.444 e. The summed E-state index contributed by atoms with van der Waals surface area (Å²) >= 11 is 0. The number of alkyl halides is 3. The molecule has 0 spiro atoms. The third-order valence-electron chi connectivity index (χ3n) is 8.12. The van der Waals surface area contributed by atoms with E-state index < -0.39 is 73.3 Å². The Hall–Kier alpha value is -4.43. The Morgan fingerprint density at radius 2 is 1.48 bits per heavy atom. The molecule has 0 radical (unpaired) electrons. The molecule has 10 nitrogen and oxygen atoms in total. The Kier molecular flexibility index (Phi) is 12.4. The van der Waals surface area contributed by atoms with Crippen molar-refractivity contribution < 1.29 is 36.7 Å². The molecule has 0 aliphatic rings. The molecule has 0 saturated heterocycles. The molecule has 2 aromatic carbocycles. The number of halogens is 3. The zero-order valence-electron chi connectivity index (χ0n) is 28.1. The van der Waals surface area contributed by atoms with Gasteiger partial charge in [0, 0.05) is 11.9 Å². The number of nitrogens with one attached hydrogen (secondary N) is 3. The average Bonchev–Trinajstić information content (AvgIpc) is 2.99. The third kappa shape index (κ3) is 10.3. The van der Waals surface area contributed by atoms with Crippen molar-refractivity contribution in [2.45, 2.75) is 84.2 Å². The fourth-order valence-electron chi connectivity index (χ4n) is 4.41. The van der Waals surface area contributed by atoms with Crippen molar-refractivity contribution in [3.05, 3.63) is 94.4 Å². The maximum Gasteiger partial charge on any atom is 0.415 e. The molecule has 3 rings (SSSR count). The lowest BCUT2D eigenvalue weighted by Gasteiger charge is -2.42. The topological polar surface area (TPSA) is 128 Å². The van der Waals surface area contributed by atoms with Crippen molar-refractivity contribution in [1.29, 1.82) is 0 Å². The second-order valence-electron chi connectivity index (χ2n) is 13.2. The molecular formula is C34H43F3N4O6Si. The van der Waals surface area contributed by atoms with Crippen molar-refractivity contribution in [1.82, 2.24) is 9.88 Å². The van der Waals surface area contributed by atoms with Gasteiger partial charge in [-0.05, 0) is 47.8 Å². The molecule has 0 saturated carbocycles. The van der Waals surface area contributed by atoms with Crippen molar-refractivity contribution >= 4 is 37.6 Å². The van der Waals surface area contributed by atoms with Crippen LogP contribution >= 0.6 is 0 Å². The maximum absolute atomic E-state index is 14.4. The number of anilines is 2. The summed E-state index contributed by atoms with van der Waals surface area (Å²) in [6.45, 7) is 11.1. The van der Waals surface area contributed by atoms with Crippen LogP contribution < -0.4 is 21.5 Å². The number of amides is 3. The van der Waals surface area contributed by atoms with E-state index in [2.05, 4.69) is 16.0 Å². The molecule has 0 aliphatic heterocycles. The van der Waals surface area contributed by atoms with Crippen LogP contribution in [0.3, 0.4) is 0 Å². The molecule has 0 fully saturated rings. The molecule has 260 valence electrons. The van der Waals surface area contributed by atoms with Crippen molar-refractivity contribution in [3.63, 3.8) is 0 Å². The van der Waals surface area contributed by atoms with Gasteiger partial charge in [-0.15, -0.1) is 0 Å². The summed E-state index contributed by atoms with van der Waals surface area (Å²) in [5.41, 5.74) is -0.564. The van der Waals surface area contributed by atoms with Gasteiger partial charge in [-0.2, -0.15) is 13.2 Å². The highest BCUT2D eigenvalue weighted by molar-refractivity contribution is 6.74. The highest BCUT2D eigenvalue weighted by Gasteiger charge is 2.52. The maximum atomic E-state index is 14.4. The molecule has 2 unspecified atom stereocenters. The SMILES string of the molecule is CC(C)C(NC(=O)Cn1ccc(C(=O)Nc2ccccc2)c(NC(=O)OCc2ccccc2)c1=O)C(O[Si](C)(C)C(C)(C)C)C(F)(F)F. The molecule has 1 heterocycles. The van der Waals surface area contributed by atoms with Gasteiger partial charge in [0.2, 0.25) is 5.91 Å². The van der Waals surface area contributed by atoms with E-state index in [9.17, 15) is 32.3 Å². The summed E-state index contributed by atoms with van der Waals surface area (Å²) in [5.74, 6) is -2.32. The van der Waals surface area contributed by atoms with Gasteiger partial charge in [0.1, 0.15) is 18.8 Å². The summed E-state index contributed by atoms with van der Waals surface area (Å²) in [7, 11) is -2.93. The van der Waals surface area contributed by atoms with E-state index in [1.165, 1.54) is 19.9 Å². The summed E-state index contributed by atoms with van der Waals surface area (Å²) in [5, 5.41) is 6.85. The lowest BCUT2D eigenvalue weighted by molar-refractivity contribution is -0.210. The van der Waals surface area contributed by atoms with Crippen LogP contribution in [0.25, 0.3) is 0 Å². The molecule has 3 N–H and O–H groups in total. The molecule has 2 atom stereocenters. The number of hydrogen-bond acceptors (Lipinski definition) is 6. The van der Waals surface area contributed by atoms with E-state index in [0.717, 1.165) is 10.8 Å². The highest BCUT2D eigenvalue weighted by atomic mass is 28.4. The lowest BCUT2D eigenvalue weighted by atomic mass is 9.98. The molecule has 0 bridgehead atoms. The zero-order chi connectivity index (χ0) is 35.9. The molecule has 14 heteroatoms. The van der Waals surface area contributed by atoms with E-state index in [1.54, 1.807) is 73.8 Å². The highest BCUT2D eigenvalue weighted by Crippen LogP contribution is 2.41. The minimum absolute atomic E-state index is 0.129. The molecular weight excluding hydrogens is 645 g/mol. The molecule has 3 amide bonds. The molecule has 1 aromatic heterocycles. The fourth-order valence-corrected chi connectivity index (χ4v) is 5.67. The fraction of sp³-hybridized carbons (Fsp3) is 0.412. The van der Waals surface area contributed by atoms with Gasteiger partial charge in [0.05, 0.1) is 11.6 Å². The molecule has 0 aliphatic carbocycles. The van der Waals surface area contributed by atoms with Crippen LogP contribution in [0, 0.1) is 5.92 Å². The number of benzene rings is 2. The van der Waals surface area contributed by atoms with Gasteiger partial charge in [-0.3, -0.25) is 19.7 Å². The second kappa shape index (κ2) is 15.6.